The summed E-state index contributed by atoms with van der Waals surface area (Å²) in [5, 5.41) is 0. The van der Waals surface area contributed by atoms with E-state index in [1.54, 1.807) is 6.07 Å². The molecule has 178 valence electrons. The summed E-state index contributed by atoms with van der Waals surface area (Å²) in [6.45, 7) is 8.44. The number of carbonyl (C=O) groups excluding carboxylic acids is 1. The van der Waals surface area contributed by atoms with E-state index in [0.717, 1.165) is 37.2 Å². The summed E-state index contributed by atoms with van der Waals surface area (Å²) in [6, 6.07) is 9.37. The molecule has 0 bridgehead atoms. The quantitative estimate of drug-likeness (QED) is 0.569. The number of ether oxygens (including phenoxy) is 3. The Hall–Kier alpha value is -2.67. The standard InChI is InChI=1S/C26H31F2NO4/c1-25(2,3)33-24(30)9-12-29-13-10-26(11-14-29)17-32-23-8-7-18(15-20(23)26)31-16-19-21(27)5-4-6-22(19)28/h4-8,15H,9-14,16-17H2,1-3H3. The molecule has 1 fully saturated rings. The number of halogens is 2. The average Bonchev–Trinajstić information content (AvgIpc) is 3.09. The van der Waals surface area contributed by atoms with Crippen molar-refractivity contribution in [3.63, 3.8) is 0 Å². The minimum Gasteiger partial charge on any atom is -0.492 e. The predicted molar refractivity (Wildman–Crippen MR) is 120 cm³/mol. The number of likely N-dealkylation sites (tertiary alicyclic amines) is 1. The topological polar surface area (TPSA) is 48.0 Å². The van der Waals surface area contributed by atoms with E-state index >= 15 is 0 Å². The average molecular weight is 460 g/mol. The number of carbonyl (C=O) groups is 1. The van der Waals surface area contributed by atoms with Gasteiger partial charge in [-0.15, -0.1) is 0 Å². The largest absolute Gasteiger partial charge is 0.492 e. The summed E-state index contributed by atoms with van der Waals surface area (Å²) in [7, 11) is 0. The minimum absolute atomic E-state index is 0.0812. The van der Waals surface area contributed by atoms with Gasteiger partial charge in [0.2, 0.25) is 0 Å². The molecule has 1 saturated heterocycles. The summed E-state index contributed by atoms with van der Waals surface area (Å²) in [6.07, 6.45) is 2.18. The third-order valence-corrected chi connectivity index (χ3v) is 6.34. The maximum Gasteiger partial charge on any atom is 0.307 e. The lowest BCUT2D eigenvalue weighted by molar-refractivity contribution is -0.155. The number of hydrogen-bond donors (Lipinski definition) is 0. The summed E-state index contributed by atoms with van der Waals surface area (Å²) < 4.78 is 44.9. The number of rotatable bonds is 6. The van der Waals surface area contributed by atoms with Crippen LogP contribution in [0.3, 0.4) is 0 Å². The van der Waals surface area contributed by atoms with Gasteiger partial charge in [-0.25, -0.2) is 8.78 Å². The molecule has 0 unspecified atom stereocenters. The van der Waals surface area contributed by atoms with E-state index < -0.39 is 17.2 Å². The summed E-state index contributed by atoms with van der Waals surface area (Å²) in [5.41, 5.74) is 0.426. The summed E-state index contributed by atoms with van der Waals surface area (Å²) in [4.78, 5) is 14.3. The van der Waals surface area contributed by atoms with E-state index in [1.165, 1.54) is 18.2 Å². The van der Waals surface area contributed by atoms with Crippen LogP contribution in [-0.4, -0.2) is 42.7 Å². The first kappa shape index (κ1) is 23.5. The lowest BCUT2D eigenvalue weighted by Crippen LogP contribution is -2.44. The Kier molecular flexibility index (Phi) is 6.61. The molecule has 0 radical (unpaired) electrons. The maximum atomic E-state index is 13.9. The Bertz CT molecular complexity index is 990. The highest BCUT2D eigenvalue weighted by Crippen LogP contribution is 2.46. The van der Waals surface area contributed by atoms with E-state index in [9.17, 15) is 13.6 Å². The van der Waals surface area contributed by atoms with Gasteiger partial charge >= 0.3 is 5.97 Å². The molecule has 2 aliphatic heterocycles. The van der Waals surface area contributed by atoms with Gasteiger partial charge in [0.1, 0.15) is 35.3 Å². The Morgan fingerprint density at radius 2 is 1.82 bits per heavy atom. The number of fused-ring (bicyclic) bond motifs is 2. The molecule has 0 aromatic heterocycles. The lowest BCUT2D eigenvalue weighted by atomic mass is 9.74. The van der Waals surface area contributed by atoms with Gasteiger partial charge in [0, 0.05) is 17.5 Å². The van der Waals surface area contributed by atoms with Crippen LogP contribution < -0.4 is 9.47 Å². The highest BCUT2D eigenvalue weighted by molar-refractivity contribution is 5.70. The van der Waals surface area contributed by atoms with Crippen molar-refractivity contribution in [2.24, 2.45) is 0 Å². The molecule has 4 rings (SSSR count). The van der Waals surface area contributed by atoms with Crippen molar-refractivity contribution in [2.45, 2.75) is 57.7 Å². The molecule has 0 amide bonds. The molecule has 0 saturated carbocycles. The van der Waals surface area contributed by atoms with Crippen LogP contribution in [0.25, 0.3) is 0 Å². The molecule has 0 aliphatic carbocycles. The summed E-state index contributed by atoms with van der Waals surface area (Å²) >= 11 is 0. The first-order valence-electron chi connectivity index (χ1n) is 11.4. The molecule has 2 aromatic rings. The Balaban J connectivity index is 1.37. The fourth-order valence-electron chi connectivity index (χ4n) is 4.52. The van der Waals surface area contributed by atoms with Crippen molar-refractivity contribution >= 4 is 5.97 Å². The van der Waals surface area contributed by atoms with E-state index in [-0.39, 0.29) is 23.6 Å². The van der Waals surface area contributed by atoms with Gasteiger partial charge in [-0.3, -0.25) is 4.79 Å². The first-order chi connectivity index (χ1) is 15.7. The Morgan fingerprint density at radius 3 is 2.48 bits per heavy atom. The smallest absolute Gasteiger partial charge is 0.307 e. The third-order valence-electron chi connectivity index (χ3n) is 6.34. The van der Waals surface area contributed by atoms with Crippen LogP contribution in [-0.2, 0) is 21.6 Å². The molecule has 0 atom stereocenters. The van der Waals surface area contributed by atoms with Crippen LogP contribution in [0.2, 0.25) is 0 Å². The second-order valence-electron chi connectivity index (χ2n) is 9.89. The van der Waals surface area contributed by atoms with Crippen molar-refractivity contribution in [2.75, 3.05) is 26.2 Å². The highest BCUT2D eigenvalue weighted by atomic mass is 19.1. The van der Waals surface area contributed by atoms with Gasteiger partial charge in [-0.05, 0) is 77.0 Å². The van der Waals surface area contributed by atoms with Crippen molar-refractivity contribution in [3.8, 4) is 11.5 Å². The fourth-order valence-corrected chi connectivity index (χ4v) is 4.52. The normalized spacial score (nSPS) is 17.5. The van der Waals surface area contributed by atoms with Gasteiger partial charge < -0.3 is 19.1 Å². The van der Waals surface area contributed by atoms with Gasteiger partial charge in [0.15, 0.2) is 0 Å². The fraction of sp³-hybridized carbons (Fsp3) is 0.500. The lowest BCUT2D eigenvalue weighted by Gasteiger charge is -2.38. The molecule has 2 aliphatic rings. The van der Waals surface area contributed by atoms with E-state index in [0.29, 0.717) is 25.3 Å². The zero-order chi connectivity index (χ0) is 23.6. The van der Waals surface area contributed by atoms with Crippen molar-refractivity contribution in [1.82, 2.24) is 4.90 Å². The molecule has 1 spiro atoms. The van der Waals surface area contributed by atoms with Gasteiger partial charge in [0.05, 0.1) is 18.6 Å². The van der Waals surface area contributed by atoms with E-state index in [4.69, 9.17) is 14.2 Å². The number of esters is 1. The molecule has 0 N–H and O–H groups in total. The van der Waals surface area contributed by atoms with Crippen LogP contribution in [0.4, 0.5) is 8.78 Å². The maximum absolute atomic E-state index is 13.9. The van der Waals surface area contributed by atoms with Crippen molar-refractivity contribution in [3.05, 3.63) is 59.2 Å². The van der Waals surface area contributed by atoms with Gasteiger partial charge in [-0.2, -0.15) is 0 Å². The second kappa shape index (κ2) is 9.29. The number of hydrogen-bond acceptors (Lipinski definition) is 5. The third kappa shape index (κ3) is 5.46. The molecule has 33 heavy (non-hydrogen) atoms. The van der Waals surface area contributed by atoms with Crippen LogP contribution >= 0.6 is 0 Å². The zero-order valence-electron chi connectivity index (χ0n) is 19.5. The SMILES string of the molecule is CC(C)(C)OC(=O)CCN1CCC2(CC1)COc1ccc(OCc3c(F)cccc3F)cc12. The van der Waals surface area contributed by atoms with Crippen LogP contribution in [0.15, 0.2) is 36.4 Å². The predicted octanol–water partition coefficient (Wildman–Crippen LogP) is 5.00. The molecule has 2 aromatic carbocycles. The van der Waals surface area contributed by atoms with E-state index in [1.807, 2.05) is 32.9 Å². The van der Waals surface area contributed by atoms with Crippen LogP contribution in [0.1, 0.15) is 51.2 Å². The van der Waals surface area contributed by atoms with Gasteiger partial charge in [-0.1, -0.05) is 6.07 Å². The molecule has 2 heterocycles. The summed E-state index contributed by atoms with van der Waals surface area (Å²) in [5.74, 6) is -0.00916. The molecule has 7 heteroatoms. The van der Waals surface area contributed by atoms with Crippen molar-refractivity contribution in [1.29, 1.82) is 0 Å². The minimum atomic E-state index is -0.616. The Morgan fingerprint density at radius 1 is 1.12 bits per heavy atom. The zero-order valence-corrected chi connectivity index (χ0v) is 19.5. The Labute approximate surface area is 193 Å². The molecular weight excluding hydrogens is 428 g/mol. The monoisotopic (exact) mass is 459 g/mol. The van der Waals surface area contributed by atoms with Gasteiger partial charge in [0.25, 0.3) is 0 Å². The van der Waals surface area contributed by atoms with Crippen molar-refractivity contribution < 1.29 is 27.8 Å². The second-order valence-corrected chi connectivity index (χ2v) is 9.89. The van der Waals surface area contributed by atoms with Crippen LogP contribution in [0.5, 0.6) is 11.5 Å². The number of benzene rings is 2. The highest BCUT2D eigenvalue weighted by Gasteiger charge is 2.43. The van der Waals surface area contributed by atoms with Crippen LogP contribution in [0, 0.1) is 11.6 Å². The number of piperidine rings is 1. The molecular formula is C26H31F2NO4. The first-order valence-corrected chi connectivity index (χ1v) is 11.4. The van der Waals surface area contributed by atoms with E-state index in [2.05, 4.69) is 4.90 Å². The molecule has 5 nitrogen and oxygen atoms in total. The number of nitrogens with zero attached hydrogens (tertiary/aromatic N) is 1.